The number of nitrogens with one attached hydrogen (secondary N) is 2. The summed E-state index contributed by atoms with van der Waals surface area (Å²) >= 11 is 0. The van der Waals surface area contributed by atoms with Crippen LogP contribution in [0.5, 0.6) is 5.75 Å². The molecular formula is C19H31ClN2O2. The summed E-state index contributed by atoms with van der Waals surface area (Å²) in [4.78, 5) is 11.9. The molecule has 0 spiro atoms. The van der Waals surface area contributed by atoms with E-state index in [0.717, 1.165) is 25.3 Å². The van der Waals surface area contributed by atoms with Gasteiger partial charge in [0.2, 0.25) is 5.91 Å². The smallest absolute Gasteiger partial charge is 0.220 e. The zero-order chi connectivity index (χ0) is 16.5. The lowest BCUT2D eigenvalue weighted by molar-refractivity contribution is -0.121. The molecular weight excluding hydrogens is 324 g/mol. The van der Waals surface area contributed by atoms with Crippen molar-refractivity contribution in [1.82, 2.24) is 10.6 Å². The Morgan fingerprint density at radius 2 is 2.00 bits per heavy atom. The minimum Gasteiger partial charge on any atom is -0.491 e. The second-order valence-corrected chi connectivity index (χ2v) is 6.62. The predicted octanol–water partition coefficient (Wildman–Crippen LogP) is 3.51. The molecule has 1 amide bonds. The number of amides is 1. The molecule has 0 aliphatic carbocycles. The molecule has 1 aliphatic heterocycles. The second-order valence-electron chi connectivity index (χ2n) is 6.62. The largest absolute Gasteiger partial charge is 0.491 e. The van der Waals surface area contributed by atoms with Crippen molar-refractivity contribution in [2.45, 2.75) is 45.4 Å². The number of carbonyl (C=O) groups is 1. The maximum absolute atomic E-state index is 11.9. The fourth-order valence-electron chi connectivity index (χ4n) is 3.03. The molecule has 5 heteroatoms. The third kappa shape index (κ3) is 7.10. The van der Waals surface area contributed by atoms with Gasteiger partial charge in [-0.15, -0.1) is 12.4 Å². The van der Waals surface area contributed by atoms with E-state index in [4.69, 9.17) is 4.74 Å². The number of halogens is 1. The van der Waals surface area contributed by atoms with Crippen LogP contribution >= 0.6 is 12.4 Å². The Bertz CT molecular complexity index is 488. The Hall–Kier alpha value is -1.26. The normalized spacial score (nSPS) is 15.0. The van der Waals surface area contributed by atoms with Crippen molar-refractivity contribution in [3.05, 3.63) is 29.8 Å². The molecule has 1 aliphatic rings. The molecule has 1 fully saturated rings. The van der Waals surface area contributed by atoms with E-state index in [1.165, 1.54) is 18.4 Å². The highest BCUT2D eigenvalue weighted by molar-refractivity contribution is 5.85. The minimum absolute atomic E-state index is 0. The number of rotatable bonds is 8. The molecule has 0 atom stereocenters. The van der Waals surface area contributed by atoms with E-state index in [9.17, 15) is 4.79 Å². The number of hydrogen-bond donors (Lipinski definition) is 2. The first-order valence-electron chi connectivity index (χ1n) is 8.86. The summed E-state index contributed by atoms with van der Waals surface area (Å²) in [5.74, 6) is 2.21. The van der Waals surface area contributed by atoms with E-state index in [0.29, 0.717) is 31.4 Å². The van der Waals surface area contributed by atoms with Crippen LogP contribution < -0.4 is 15.4 Å². The standard InChI is InChI=1S/C19H30N2O2.ClH/c1-15(2)17-5-3-4-6-18(17)23-14-13-21-19(22)8-7-16-9-11-20-12-10-16;/h3-6,15-16,20H,7-14H2,1-2H3,(H,21,22);1H. The SMILES string of the molecule is CC(C)c1ccccc1OCCNC(=O)CCC1CCNCC1.Cl. The van der Waals surface area contributed by atoms with E-state index in [-0.39, 0.29) is 18.3 Å². The lowest BCUT2D eigenvalue weighted by Crippen LogP contribution is -2.31. The third-order valence-electron chi connectivity index (χ3n) is 4.46. The molecule has 24 heavy (non-hydrogen) atoms. The number of ether oxygens (including phenoxy) is 1. The topological polar surface area (TPSA) is 50.4 Å². The van der Waals surface area contributed by atoms with Crippen molar-refractivity contribution >= 4 is 18.3 Å². The van der Waals surface area contributed by atoms with Gasteiger partial charge in [0.25, 0.3) is 0 Å². The molecule has 136 valence electrons. The van der Waals surface area contributed by atoms with Crippen molar-refractivity contribution < 1.29 is 9.53 Å². The van der Waals surface area contributed by atoms with Crippen LogP contribution in [0.2, 0.25) is 0 Å². The van der Waals surface area contributed by atoms with Crippen LogP contribution in [0.1, 0.15) is 51.0 Å². The van der Waals surface area contributed by atoms with E-state index >= 15 is 0 Å². The number of para-hydroxylation sites is 1. The molecule has 0 saturated carbocycles. The maximum Gasteiger partial charge on any atom is 0.220 e. The van der Waals surface area contributed by atoms with Gasteiger partial charge in [-0.05, 0) is 55.8 Å². The van der Waals surface area contributed by atoms with E-state index in [1.54, 1.807) is 0 Å². The quantitative estimate of drug-likeness (QED) is 0.702. The predicted molar refractivity (Wildman–Crippen MR) is 101 cm³/mol. The van der Waals surface area contributed by atoms with Gasteiger partial charge in [-0.1, -0.05) is 32.0 Å². The Labute approximate surface area is 152 Å². The summed E-state index contributed by atoms with van der Waals surface area (Å²) in [6.45, 7) is 7.58. The first kappa shape index (κ1) is 20.8. The van der Waals surface area contributed by atoms with Crippen molar-refractivity contribution in [2.75, 3.05) is 26.2 Å². The van der Waals surface area contributed by atoms with Gasteiger partial charge in [0, 0.05) is 6.42 Å². The van der Waals surface area contributed by atoms with Gasteiger partial charge in [0.15, 0.2) is 0 Å². The molecule has 1 saturated heterocycles. The first-order valence-corrected chi connectivity index (χ1v) is 8.86. The highest BCUT2D eigenvalue weighted by atomic mass is 35.5. The number of hydrogen-bond acceptors (Lipinski definition) is 3. The Morgan fingerprint density at radius 3 is 2.71 bits per heavy atom. The summed E-state index contributed by atoms with van der Waals surface area (Å²) in [7, 11) is 0. The Kier molecular flexibility index (Phi) is 9.80. The summed E-state index contributed by atoms with van der Waals surface area (Å²) in [6, 6.07) is 8.11. The van der Waals surface area contributed by atoms with Gasteiger partial charge >= 0.3 is 0 Å². The van der Waals surface area contributed by atoms with Gasteiger partial charge in [-0.25, -0.2) is 0 Å². The van der Waals surface area contributed by atoms with Crippen LogP contribution in [-0.2, 0) is 4.79 Å². The summed E-state index contributed by atoms with van der Waals surface area (Å²) < 4.78 is 5.82. The zero-order valence-corrected chi connectivity index (χ0v) is 15.7. The summed E-state index contributed by atoms with van der Waals surface area (Å²) in [6.07, 6.45) is 4.03. The summed E-state index contributed by atoms with van der Waals surface area (Å²) in [5.41, 5.74) is 1.21. The summed E-state index contributed by atoms with van der Waals surface area (Å²) in [5, 5.41) is 6.32. The van der Waals surface area contributed by atoms with Crippen molar-refractivity contribution in [3.8, 4) is 5.75 Å². The van der Waals surface area contributed by atoms with Crippen LogP contribution in [0, 0.1) is 5.92 Å². The molecule has 0 unspecified atom stereocenters. The van der Waals surface area contributed by atoms with Crippen LogP contribution in [0.4, 0.5) is 0 Å². The van der Waals surface area contributed by atoms with E-state index in [1.807, 2.05) is 18.2 Å². The molecule has 0 radical (unpaired) electrons. The van der Waals surface area contributed by atoms with Crippen molar-refractivity contribution in [3.63, 3.8) is 0 Å². The fourth-order valence-corrected chi connectivity index (χ4v) is 3.03. The Balaban J connectivity index is 0.00000288. The van der Waals surface area contributed by atoms with Crippen molar-refractivity contribution in [2.24, 2.45) is 5.92 Å². The molecule has 1 aromatic rings. The molecule has 1 aromatic carbocycles. The molecule has 2 rings (SSSR count). The molecule has 1 heterocycles. The Morgan fingerprint density at radius 1 is 1.29 bits per heavy atom. The average molecular weight is 355 g/mol. The first-order chi connectivity index (χ1) is 11.2. The minimum atomic E-state index is 0. The van der Waals surface area contributed by atoms with Gasteiger partial charge in [-0.2, -0.15) is 0 Å². The highest BCUT2D eigenvalue weighted by Gasteiger charge is 2.14. The molecule has 0 aromatic heterocycles. The zero-order valence-electron chi connectivity index (χ0n) is 14.8. The van der Waals surface area contributed by atoms with Crippen LogP contribution in [0.3, 0.4) is 0 Å². The van der Waals surface area contributed by atoms with Crippen LogP contribution in [-0.4, -0.2) is 32.1 Å². The lowest BCUT2D eigenvalue weighted by Gasteiger charge is -2.22. The highest BCUT2D eigenvalue weighted by Crippen LogP contribution is 2.25. The van der Waals surface area contributed by atoms with E-state index < -0.39 is 0 Å². The fraction of sp³-hybridized carbons (Fsp3) is 0.632. The van der Waals surface area contributed by atoms with Gasteiger partial charge in [-0.3, -0.25) is 4.79 Å². The van der Waals surface area contributed by atoms with Crippen LogP contribution in [0.15, 0.2) is 24.3 Å². The molecule has 0 bridgehead atoms. The number of carbonyl (C=O) groups excluding carboxylic acids is 1. The number of benzene rings is 1. The average Bonchev–Trinajstić information content (AvgIpc) is 2.58. The monoisotopic (exact) mass is 354 g/mol. The lowest BCUT2D eigenvalue weighted by atomic mass is 9.93. The molecule has 4 nitrogen and oxygen atoms in total. The van der Waals surface area contributed by atoms with E-state index in [2.05, 4.69) is 30.5 Å². The van der Waals surface area contributed by atoms with Gasteiger partial charge in [0.05, 0.1) is 6.54 Å². The molecule has 2 N–H and O–H groups in total. The van der Waals surface area contributed by atoms with Crippen LogP contribution in [0.25, 0.3) is 0 Å². The number of piperidine rings is 1. The second kappa shape index (κ2) is 11.3. The maximum atomic E-state index is 11.9. The third-order valence-corrected chi connectivity index (χ3v) is 4.46. The van der Waals surface area contributed by atoms with Crippen molar-refractivity contribution in [1.29, 1.82) is 0 Å². The van der Waals surface area contributed by atoms with Gasteiger partial charge < -0.3 is 15.4 Å². The van der Waals surface area contributed by atoms with Gasteiger partial charge in [0.1, 0.15) is 12.4 Å².